The molecule has 5 nitrogen and oxygen atoms in total. The van der Waals surface area contributed by atoms with Gasteiger partial charge in [-0.05, 0) is 23.3 Å². The van der Waals surface area contributed by atoms with Crippen LogP contribution in [0.2, 0.25) is 0 Å². The van der Waals surface area contributed by atoms with Crippen molar-refractivity contribution in [2.75, 3.05) is 32.4 Å². The molecule has 0 radical (unpaired) electrons. The van der Waals surface area contributed by atoms with Crippen LogP contribution in [0.15, 0.2) is 18.2 Å². The molecule has 0 amide bonds. The van der Waals surface area contributed by atoms with E-state index in [0.717, 1.165) is 11.1 Å². The third kappa shape index (κ3) is 3.76. The average Bonchev–Trinajstić information content (AvgIpc) is 2.40. The summed E-state index contributed by atoms with van der Waals surface area (Å²) < 4.78 is 37.5. The van der Waals surface area contributed by atoms with Gasteiger partial charge in [0.2, 0.25) is 10.0 Å². The zero-order valence-corrected chi connectivity index (χ0v) is 12.4. The number of hydrogen-bond acceptors (Lipinski definition) is 4. The van der Waals surface area contributed by atoms with Gasteiger partial charge < -0.3 is 5.73 Å². The Bertz CT molecular complexity index is 569. The van der Waals surface area contributed by atoms with Crippen molar-refractivity contribution in [1.29, 1.82) is 0 Å². The highest BCUT2D eigenvalue weighted by Crippen LogP contribution is 2.15. The van der Waals surface area contributed by atoms with Gasteiger partial charge in [0.1, 0.15) is 5.82 Å². The monoisotopic (exact) mass is 301 g/mol. The summed E-state index contributed by atoms with van der Waals surface area (Å²) >= 11 is 0. The second-order valence-corrected chi connectivity index (χ2v) is 7.04. The summed E-state index contributed by atoms with van der Waals surface area (Å²) in [7, 11) is -3.10. The van der Waals surface area contributed by atoms with Gasteiger partial charge in [0.15, 0.2) is 0 Å². The number of nitrogens with two attached hydrogens (primary N) is 1. The SMILES string of the molecule is CS(=O)(=O)N1CCN(Cc2ccc(F)cc2CN)CC1. The van der Waals surface area contributed by atoms with E-state index in [9.17, 15) is 12.8 Å². The highest BCUT2D eigenvalue weighted by Gasteiger charge is 2.23. The Morgan fingerprint density at radius 3 is 2.40 bits per heavy atom. The topological polar surface area (TPSA) is 66.6 Å². The highest BCUT2D eigenvalue weighted by atomic mass is 32.2. The number of halogens is 1. The second kappa shape index (κ2) is 6.17. The van der Waals surface area contributed by atoms with E-state index in [1.54, 1.807) is 6.07 Å². The molecular weight excluding hydrogens is 281 g/mol. The lowest BCUT2D eigenvalue weighted by Crippen LogP contribution is -2.47. The Morgan fingerprint density at radius 1 is 1.20 bits per heavy atom. The summed E-state index contributed by atoms with van der Waals surface area (Å²) in [5.74, 6) is -0.281. The number of benzene rings is 1. The Labute approximate surface area is 119 Å². The molecule has 1 aliphatic rings. The minimum absolute atomic E-state index is 0.281. The molecule has 1 heterocycles. The van der Waals surface area contributed by atoms with Gasteiger partial charge in [-0.3, -0.25) is 4.90 Å². The maximum Gasteiger partial charge on any atom is 0.211 e. The van der Waals surface area contributed by atoms with Crippen LogP contribution < -0.4 is 5.73 Å². The second-order valence-electron chi connectivity index (χ2n) is 5.06. The van der Waals surface area contributed by atoms with Crippen molar-refractivity contribution in [1.82, 2.24) is 9.21 Å². The molecule has 112 valence electrons. The summed E-state index contributed by atoms with van der Waals surface area (Å²) in [5.41, 5.74) is 7.43. The van der Waals surface area contributed by atoms with Crippen LogP contribution in [-0.2, 0) is 23.1 Å². The van der Waals surface area contributed by atoms with Crippen LogP contribution in [0.4, 0.5) is 4.39 Å². The number of piperazine rings is 1. The predicted octanol–water partition coefficient (Wildman–Crippen LogP) is 0.362. The van der Waals surface area contributed by atoms with Crippen LogP contribution in [0.25, 0.3) is 0 Å². The molecule has 0 atom stereocenters. The molecule has 1 aliphatic heterocycles. The molecule has 1 fully saturated rings. The first kappa shape index (κ1) is 15.4. The zero-order valence-electron chi connectivity index (χ0n) is 11.5. The molecule has 0 saturated carbocycles. The minimum atomic E-state index is -3.10. The maximum absolute atomic E-state index is 13.2. The minimum Gasteiger partial charge on any atom is -0.326 e. The number of nitrogens with zero attached hydrogens (tertiary/aromatic N) is 2. The van der Waals surface area contributed by atoms with Crippen LogP contribution in [0.3, 0.4) is 0 Å². The number of rotatable bonds is 4. The van der Waals surface area contributed by atoms with Gasteiger partial charge in [-0.1, -0.05) is 6.07 Å². The molecule has 7 heteroatoms. The van der Waals surface area contributed by atoms with E-state index < -0.39 is 10.0 Å². The molecule has 1 aromatic rings. The summed E-state index contributed by atoms with van der Waals surface area (Å²) in [6.45, 7) is 3.32. The third-order valence-corrected chi connectivity index (χ3v) is 4.89. The van der Waals surface area contributed by atoms with Gasteiger partial charge in [0.25, 0.3) is 0 Å². The quantitative estimate of drug-likeness (QED) is 0.872. The largest absolute Gasteiger partial charge is 0.326 e. The van der Waals surface area contributed by atoms with Gasteiger partial charge in [-0.15, -0.1) is 0 Å². The van der Waals surface area contributed by atoms with E-state index in [0.29, 0.717) is 39.3 Å². The summed E-state index contributed by atoms with van der Waals surface area (Å²) in [5, 5.41) is 0. The predicted molar refractivity (Wildman–Crippen MR) is 76.0 cm³/mol. The Hall–Kier alpha value is -1.02. The van der Waals surface area contributed by atoms with E-state index in [2.05, 4.69) is 4.90 Å². The van der Waals surface area contributed by atoms with Crippen molar-refractivity contribution in [3.05, 3.63) is 35.1 Å². The molecular formula is C13H20FN3O2S. The third-order valence-electron chi connectivity index (χ3n) is 3.58. The molecule has 1 saturated heterocycles. The van der Waals surface area contributed by atoms with Crippen LogP contribution in [-0.4, -0.2) is 50.1 Å². The molecule has 2 rings (SSSR count). The standard InChI is InChI=1S/C13H20FN3O2S/c1-20(18,19)17-6-4-16(5-7-17)10-11-2-3-13(14)8-12(11)9-15/h2-3,8H,4-7,9-10,15H2,1H3. The number of sulfonamides is 1. The molecule has 20 heavy (non-hydrogen) atoms. The van der Waals surface area contributed by atoms with Crippen molar-refractivity contribution in [3.8, 4) is 0 Å². The zero-order chi connectivity index (χ0) is 14.8. The van der Waals surface area contributed by atoms with Crippen LogP contribution in [0, 0.1) is 5.82 Å². The smallest absolute Gasteiger partial charge is 0.211 e. The van der Waals surface area contributed by atoms with Crippen molar-refractivity contribution in [2.45, 2.75) is 13.1 Å². The first-order chi connectivity index (χ1) is 9.40. The molecule has 1 aromatic carbocycles. The molecule has 0 unspecified atom stereocenters. The Kier molecular flexibility index (Phi) is 4.74. The van der Waals surface area contributed by atoms with Crippen molar-refractivity contribution in [2.24, 2.45) is 5.73 Å². The lowest BCUT2D eigenvalue weighted by atomic mass is 10.1. The molecule has 0 bridgehead atoms. The molecule has 0 aromatic heterocycles. The fourth-order valence-electron chi connectivity index (χ4n) is 2.40. The van der Waals surface area contributed by atoms with E-state index in [4.69, 9.17) is 5.73 Å². The number of hydrogen-bond donors (Lipinski definition) is 1. The highest BCUT2D eigenvalue weighted by molar-refractivity contribution is 7.88. The summed E-state index contributed by atoms with van der Waals surface area (Å²) in [6, 6.07) is 4.64. The molecule has 2 N–H and O–H groups in total. The first-order valence-corrected chi connectivity index (χ1v) is 8.40. The summed E-state index contributed by atoms with van der Waals surface area (Å²) in [4.78, 5) is 2.16. The lowest BCUT2D eigenvalue weighted by Gasteiger charge is -2.33. The molecule has 0 aliphatic carbocycles. The van der Waals surface area contributed by atoms with Gasteiger partial charge in [0.05, 0.1) is 6.26 Å². The van der Waals surface area contributed by atoms with E-state index in [1.807, 2.05) is 0 Å². The molecule has 0 spiro atoms. The van der Waals surface area contributed by atoms with Gasteiger partial charge in [0, 0.05) is 39.3 Å². The van der Waals surface area contributed by atoms with E-state index >= 15 is 0 Å². The van der Waals surface area contributed by atoms with Gasteiger partial charge >= 0.3 is 0 Å². The van der Waals surface area contributed by atoms with E-state index in [-0.39, 0.29) is 5.82 Å². The fourth-order valence-corrected chi connectivity index (χ4v) is 3.23. The van der Waals surface area contributed by atoms with E-state index in [1.165, 1.54) is 22.7 Å². The van der Waals surface area contributed by atoms with Gasteiger partial charge in [-0.2, -0.15) is 4.31 Å². The Morgan fingerprint density at radius 2 is 1.85 bits per heavy atom. The van der Waals surface area contributed by atoms with Gasteiger partial charge in [-0.25, -0.2) is 12.8 Å². The van der Waals surface area contributed by atoms with Crippen LogP contribution in [0.5, 0.6) is 0 Å². The Balaban J connectivity index is 1.99. The summed E-state index contributed by atoms with van der Waals surface area (Å²) in [6.07, 6.45) is 1.23. The fraction of sp³-hybridized carbons (Fsp3) is 0.538. The van der Waals surface area contributed by atoms with Crippen molar-refractivity contribution < 1.29 is 12.8 Å². The lowest BCUT2D eigenvalue weighted by molar-refractivity contribution is 0.182. The first-order valence-electron chi connectivity index (χ1n) is 6.55. The maximum atomic E-state index is 13.2. The average molecular weight is 301 g/mol. The van der Waals surface area contributed by atoms with Crippen molar-refractivity contribution >= 4 is 10.0 Å². The van der Waals surface area contributed by atoms with Crippen LogP contribution >= 0.6 is 0 Å². The van der Waals surface area contributed by atoms with Crippen LogP contribution in [0.1, 0.15) is 11.1 Å². The van der Waals surface area contributed by atoms with Crippen molar-refractivity contribution in [3.63, 3.8) is 0 Å². The normalized spacial score (nSPS) is 18.4.